The Morgan fingerprint density at radius 2 is 2.26 bits per heavy atom. The molecule has 6 heteroatoms. The Balaban J connectivity index is 2.39. The van der Waals surface area contributed by atoms with Gasteiger partial charge in [0.15, 0.2) is 0 Å². The Bertz CT molecular complexity index is 413. The number of nitrogens with two attached hydrogens (primary N) is 1. The number of carbonyl (C=O) groups is 1. The second kappa shape index (κ2) is 8.66. The lowest BCUT2D eigenvalue weighted by Gasteiger charge is -2.10. The minimum absolute atomic E-state index is 0.0485. The van der Waals surface area contributed by atoms with Crippen molar-refractivity contribution in [2.75, 3.05) is 36.3 Å². The number of rotatable bonds is 8. The summed E-state index contributed by atoms with van der Waals surface area (Å²) in [6.07, 6.45) is 1.24. The number of anilines is 2. The number of amides is 1. The predicted octanol–water partition coefficient (Wildman–Crippen LogP) is 1.72. The lowest BCUT2D eigenvalue weighted by atomic mass is 10.2. The molecule has 0 atom stereocenters. The van der Waals surface area contributed by atoms with Gasteiger partial charge in [0.05, 0.1) is 19.4 Å². The fourth-order valence-electron chi connectivity index (χ4n) is 1.53. The van der Waals surface area contributed by atoms with Gasteiger partial charge in [-0.25, -0.2) is 0 Å². The zero-order valence-electron chi connectivity index (χ0n) is 11.0. The third-order valence-corrected chi connectivity index (χ3v) is 3.48. The summed E-state index contributed by atoms with van der Waals surface area (Å²) in [7, 11) is 1.54. The molecule has 0 spiro atoms. The minimum Gasteiger partial charge on any atom is -0.494 e. The van der Waals surface area contributed by atoms with E-state index in [9.17, 15) is 4.79 Å². The highest BCUT2D eigenvalue weighted by Crippen LogP contribution is 2.26. The number of thioether (sulfide) groups is 1. The Morgan fingerprint density at radius 1 is 1.47 bits per heavy atom. The monoisotopic (exact) mass is 284 g/mol. The Labute approximate surface area is 117 Å². The van der Waals surface area contributed by atoms with Crippen LogP contribution in [-0.4, -0.2) is 36.2 Å². The molecule has 0 heterocycles. The van der Waals surface area contributed by atoms with E-state index < -0.39 is 0 Å². The summed E-state index contributed by atoms with van der Waals surface area (Å²) in [5.41, 5.74) is 6.87. The van der Waals surface area contributed by atoms with Gasteiger partial charge >= 0.3 is 0 Å². The van der Waals surface area contributed by atoms with E-state index in [2.05, 4.69) is 5.32 Å². The summed E-state index contributed by atoms with van der Waals surface area (Å²) in [5.74, 6) is 2.09. The molecule has 0 radical (unpaired) electrons. The van der Waals surface area contributed by atoms with Gasteiger partial charge in [-0.05, 0) is 24.3 Å². The predicted molar refractivity (Wildman–Crippen MR) is 79.7 cm³/mol. The number of nitrogen functional groups attached to an aromatic ring is 1. The van der Waals surface area contributed by atoms with Gasteiger partial charge in [-0.3, -0.25) is 4.79 Å². The van der Waals surface area contributed by atoms with Crippen LogP contribution in [0.15, 0.2) is 18.2 Å². The third kappa shape index (κ3) is 5.85. The second-order valence-electron chi connectivity index (χ2n) is 3.95. The van der Waals surface area contributed by atoms with Crippen LogP contribution in [0.4, 0.5) is 11.4 Å². The highest BCUT2D eigenvalue weighted by atomic mass is 32.2. The van der Waals surface area contributed by atoms with Gasteiger partial charge in [-0.15, -0.1) is 0 Å². The molecular formula is C13H20N2O3S. The quantitative estimate of drug-likeness (QED) is 0.500. The first-order valence-corrected chi connectivity index (χ1v) is 7.25. The maximum Gasteiger partial charge on any atom is 0.224 e. The first-order valence-electron chi connectivity index (χ1n) is 6.09. The molecule has 0 saturated carbocycles. The van der Waals surface area contributed by atoms with E-state index in [4.69, 9.17) is 15.6 Å². The average molecular weight is 284 g/mol. The van der Waals surface area contributed by atoms with Crippen LogP contribution in [0.25, 0.3) is 0 Å². The van der Waals surface area contributed by atoms with Crippen LogP contribution in [-0.2, 0) is 4.79 Å². The number of nitrogens with one attached hydrogen (secondary N) is 1. The second-order valence-corrected chi connectivity index (χ2v) is 5.17. The van der Waals surface area contributed by atoms with E-state index >= 15 is 0 Å². The van der Waals surface area contributed by atoms with Gasteiger partial charge in [0.2, 0.25) is 5.91 Å². The number of methoxy groups -OCH3 is 1. The van der Waals surface area contributed by atoms with Crippen molar-refractivity contribution in [3.05, 3.63) is 18.2 Å². The maximum atomic E-state index is 11.7. The molecule has 1 aromatic carbocycles. The van der Waals surface area contributed by atoms with Crippen molar-refractivity contribution in [3.63, 3.8) is 0 Å². The third-order valence-electron chi connectivity index (χ3n) is 2.43. The topological polar surface area (TPSA) is 84.6 Å². The van der Waals surface area contributed by atoms with Gasteiger partial charge < -0.3 is 20.9 Å². The van der Waals surface area contributed by atoms with Crippen molar-refractivity contribution in [1.29, 1.82) is 0 Å². The van der Waals surface area contributed by atoms with E-state index in [1.807, 2.05) is 0 Å². The molecule has 0 unspecified atom stereocenters. The fourth-order valence-corrected chi connectivity index (χ4v) is 2.21. The van der Waals surface area contributed by atoms with Crippen molar-refractivity contribution < 1.29 is 14.6 Å². The van der Waals surface area contributed by atoms with Gasteiger partial charge in [0, 0.05) is 23.9 Å². The summed E-state index contributed by atoms with van der Waals surface area (Å²) < 4.78 is 5.16. The van der Waals surface area contributed by atoms with E-state index in [1.165, 1.54) is 7.11 Å². The average Bonchev–Trinajstić information content (AvgIpc) is 2.40. The van der Waals surface area contributed by atoms with Gasteiger partial charge in [0.1, 0.15) is 5.75 Å². The highest BCUT2D eigenvalue weighted by Gasteiger charge is 2.07. The summed E-state index contributed by atoms with van der Waals surface area (Å²) in [6.45, 7) is 0.180. The van der Waals surface area contributed by atoms with Crippen LogP contribution in [0.5, 0.6) is 5.75 Å². The Kier molecular flexibility index (Phi) is 7.14. The summed E-state index contributed by atoms with van der Waals surface area (Å²) in [6, 6.07) is 5.12. The van der Waals surface area contributed by atoms with Crippen molar-refractivity contribution in [2.24, 2.45) is 0 Å². The molecule has 106 valence electrons. The molecule has 1 aromatic rings. The molecule has 0 aromatic heterocycles. The highest BCUT2D eigenvalue weighted by molar-refractivity contribution is 7.99. The molecule has 1 amide bonds. The number of carbonyl (C=O) groups excluding carboxylic acids is 1. The number of ether oxygens (including phenoxy) is 1. The molecule has 5 nitrogen and oxygen atoms in total. The van der Waals surface area contributed by atoms with Gasteiger partial charge in [0.25, 0.3) is 0 Å². The lowest BCUT2D eigenvalue weighted by molar-refractivity contribution is -0.116. The van der Waals surface area contributed by atoms with Crippen LogP contribution >= 0.6 is 11.8 Å². The van der Waals surface area contributed by atoms with Crippen LogP contribution in [0.3, 0.4) is 0 Å². The standard InChI is InChI=1S/C13H20N2O3S/c1-18-12-9-10(14)4-5-11(12)15-13(17)3-2-7-19-8-6-16/h4-5,9,16H,2-3,6-8,14H2,1H3,(H,15,17). The van der Waals surface area contributed by atoms with Crippen LogP contribution in [0, 0.1) is 0 Å². The number of aliphatic hydroxyl groups is 1. The van der Waals surface area contributed by atoms with Crippen LogP contribution < -0.4 is 15.8 Å². The molecule has 4 N–H and O–H groups in total. The van der Waals surface area contributed by atoms with E-state index in [0.717, 1.165) is 12.2 Å². The number of benzene rings is 1. The fraction of sp³-hybridized carbons (Fsp3) is 0.462. The zero-order valence-corrected chi connectivity index (χ0v) is 11.8. The van der Waals surface area contributed by atoms with E-state index in [0.29, 0.717) is 29.3 Å². The number of hydrogen-bond donors (Lipinski definition) is 3. The van der Waals surface area contributed by atoms with Crippen molar-refractivity contribution in [2.45, 2.75) is 12.8 Å². The van der Waals surface area contributed by atoms with Crippen molar-refractivity contribution in [1.82, 2.24) is 0 Å². The summed E-state index contributed by atoms with van der Waals surface area (Å²) >= 11 is 1.64. The SMILES string of the molecule is COc1cc(N)ccc1NC(=O)CCCSCCO. The maximum absolute atomic E-state index is 11.7. The molecule has 0 saturated heterocycles. The van der Waals surface area contributed by atoms with Crippen LogP contribution in [0.1, 0.15) is 12.8 Å². The van der Waals surface area contributed by atoms with E-state index in [-0.39, 0.29) is 12.5 Å². The zero-order chi connectivity index (χ0) is 14.1. The van der Waals surface area contributed by atoms with Crippen molar-refractivity contribution in [3.8, 4) is 5.75 Å². The lowest BCUT2D eigenvalue weighted by Crippen LogP contribution is -2.12. The molecular weight excluding hydrogens is 264 g/mol. The molecule has 0 bridgehead atoms. The first-order chi connectivity index (χ1) is 9.17. The summed E-state index contributed by atoms with van der Waals surface area (Å²) in [4.78, 5) is 11.7. The smallest absolute Gasteiger partial charge is 0.224 e. The normalized spacial score (nSPS) is 10.2. The molecule has 0 fully saturated rings. The van der Waals surface area contributed by atoms with Crippen molar-refractivity contribution >= 4 is 29.0 Å². The molecule has 1 rings (SSSR count). The first kappa shape index (κ1) is 15.7. The number of aliphatic hydroxyl groups excluding tert-OH is 1. The van der Waals surface area contributed by atoms with Crippen LogP contribution in [0.2, 0.25) is 0 Å². The largest absolute Gasteiger partial charge is 0.494 e. The van der Waals surface area contributed by atoms with Gasteiger partial charge in [-0.1, -0.05) is 0 Å². The summed E-state index contributed by atoms with van der Waals surface area (Å²) in [5, 5.41) is 11.4. The Hall–Kier alpha value is -1.40. The molecule has 0 aliphatic rings. The number of hydrogen-bond acceptors (Lipinski definition) is 5. The molecule has 0 aliphatic carbocycles. The molecule has 19 heavy (non-hydrogen) atoms. The minimum atomic E-state index is -0.0485. The molecule has 0 aliphatic heterocycles. The Morgan fingerprint density at radius 3 is 2.95 bits per heavy atom. The van der Waals surface area contributed by atoms with Gasteiger partial charge in [-0.2, -0.15) is 11.8 Å². The van der Waals surface area contributed by atoms with E-state index in [1.54, 1.807) is 30.0 Å².